The maximum absolute atomic E-state index is 12.5. The van der Waals surface area contributed by atoms with Gasteiger partial charge in [-0.05, 0) is 36.2 Å². The quantitative estimate of drug-likeness (QED) is 0.775. The molecule has 6 nitrogen and oxygen atoms in total. The van der Waals surface area contributed by atoms with Crippen molar-refractivity contribution in [3.63, 3.8) is 0 Å². The molecule has 1 fully saturated rings. The Labute approximate surface area is 159 Å². The molecule has 3 aromatic rings. The molecule has 0 saturated carbocycles. The number of anilines is 2. The van der Waals surface area contributed by atoms with E-state index < -0.39 is 0 Å². The van der Waals surface area contributed by atoms with E-state index in [0.29, 0.717) is 13.1 Å². The van der Waals surface area contributed by atoms with Crippen molar-refractivity contribution in [2.24, 2.45) is 7.05 Å². The summed E-state index contributed by atoms with van der Waals surface area (Å²) in [5.74, 6) is 0.964. The van der Waals surface area contributed by atoms with Gasteiger partial charge in [-0.25, -0.2) is 9.78 Å². The van der Waals surface area contributed by atoms with Crippen LogP contribution >= 0.6 is 0 Å². The number of imidazole rings is 1. The van der Waals surface area contributed by atoms with Crippen LogP contribution in [0, 0.1) is 0 Å². The molecule has 0 spiro atoms. The predicted octanol–water partition coefficient (Wildman–Crippen LogP) is 3.49. The maximum atomic E-state index is 12.5. The van der Waals surface area contributed by atoms with Crippen LogP contribution in [0.15, 0.2) is 48.5 Å². The van der Waals surface area contributed by atoms with Gasteiger partial charge in [-0.15, -0.1) is 0 Å². The Kier molecular flexibility index (Phi) is 4.71. The summed E-state index contributed by atoms with van der Waals surface area (Å²) in [6.07, 6.45) is 0.998. The van der Waals surface area contributed by atoms with E-state index >= 15 is 0 Å². The highest BCUT2D eigenvalue weighted by Crippen LogP contribution is 2.22. The molecule has 1 aliphatic heterocycles. The average molecular weight is 363 g/mol. The molecule has 140 valence electrons. The van der Waals surface area contributed by atoms with Crippen LogP contribution in [-0.4, -0.2) is 46.7 Å². The van der Waals surface area contributed by atoms with E-state index in [9.17, 15) is 4.79 Å². The summed E-state index contributed by atoms with van der Waals surface area (Å²) in [4.78, 5) is 21.4. The summed E-state index contributed by atoms with van der Waals surface area (Å²) in [6.45, 7) is 5.04. The maximum Gasteiger partial charge on any atom is 0.321 e. The number of aromatic nitrogens is 2. The van der Waals surface area contributed by atoms with E-state index in [1.54, 1.807) is 0 Å². The van der Waals surface area contributed by atoms with Crippen LogP contribution in [0.4, 0.5) is 16.4 Å². The topological polar surface area (TPSA) is 53.4 Å². The van der Waals surface area contributed by atoms with Crippen molar-refractivity contribution in [3.8, 4) is 0 Å². The van der Waals surface area contributed by atoms with Gasteiger partial charge in [0.05, 0.1) is 11.0 Å². The van der Waals surface area contributed by atoms with E-state index in [2.05, 4.69) is 39.9 Å². The molecule has 0 atom stereocenters. The number of aryl methyl sites for hydroxylation is 2. The van der Waals surface area contributed by atoms with Crippen LogP contribution in [0.3, 0.4) is 0 Å². The first-order valence-electron chi connectivity index (χ1n) is 9.47. The molecule has 1 aromatic heterocycles. The molecule has 6 heteroatoms. The van der Waals surface area contributed by atoms with Crippen molar-refractivity contribution in [2.75, 3.05) is 36.4 Å². The fourth-order valence-corrected chi connectivity index (χ4v) is 3.55. The van der Waals surface area contributed by atoms with Crippen LogP contribution < -0.4 is 10.2 Å². The van der Waals surface area contributed by atoms with E-state index in [4.69, 9.17) is 4.98 Å². The Hall–Kier alpha value is -3.02. The Morgan fingerprint density at radius 1 is 1.04 bits per heavy atom. The first kappa shape index (κ1) is 17.4. The van der Waals surface area contributed by atoms with Gasteiger partial charge in [0.2, 0.25) is 5.95 Å². The Bertz CT molecular complexity index is 939. The summed E-state index contributed by atoms with van der Waals surface area (Å²) in [5, 5.41) is 3.00. The van der Waals surface area contributed by atoms with Crippen molar-refractivity contribution in [1.82, 2.24) is 14.5 Å². The van der Waals surface area contributed by atoms with Gasteiger partial charge in [-0.1, -0.05) is 31.2 Å². The highest BCUT2D eigenvalue weighted by atomic mass is 16.2. The molecule has 2 amide bonds. The number of benzene rings is 2. The number of nitrogens with zero attached hydrogens (tertiary/aromatic N) is 4. The van der Waals surface area contributed by atoms with Crippen LogP contribution in [-0.2, 0) is 13.5 Å². The second kappa shape index (κ2) is 7.31. The highest BCUT2D eigenvalue weighted by Gasteiger charge is 2.24. The molecule has 2 aromatic carbocycles. The number of piperazine rings is 1. The molecular formula is C21H25N5O. The van der Waals surface area contributed by atoms with Crippen molar-refractivity contribution in [1.29, 1.82) is 0 Å². The second-order valence-electron chi connectivity index (χ2n) is 6.91. The molecule has 0 radical (unpaired) electrons. The van der Waals surface area contributed by atoms with Gasteiger partial charge >= 0.3 is 6.03 Å². The van der Waals surface area contributed by atoms with Gasteiger partial charge in [-0.3, -0.25) is 0 Å². The lowest BCUT2D eigenvalue weighted by atomic mass is 10.1. The van der Waals surface area contributed by atoms with Crippen LogP contribution in [0.25, 0.3) is 11.0 Å². The lowest BCUT2D eigenvalue weighted by molar-refractivity contribution is 0.208. The molecule has 0 unspecified atom stereocenters. The summed E-state index contributed by atoms with van der Waals surface area (Å²) < 4.78 is 2.13. The molecule has 4 rings (SSSR count). The van der Waals surface area contributed by atoms with Crippen LogP contribution in [0.5, 0.6) is 0 Å². The smallest absolute Gasteiger partial charge is 0.321 e. The Morgan fingerprint density at radius 2 is 1.74 bits per heavy atom. The third-order valence-electron chi connectivity index (χ3n) is 5.23. The van der Waals surface area contributed by atoms with E-state index in [1.165, 1.54) is 5.56 Å². The molecule has 1 aliphatic rings. The zero-order chi connectivity index (χ0) is 18.8. The minimum atomic E-state index is -0.0381. The molecule has 1 N–H and O–H groups in total. The second-order valence-corrected chi connectivity index (χ2v) is 6.91. The molecule has 2 heterocycles. The standard InChI is InChI=1S/C21H25N5O/c1-3-16-8-10-17(11-9-16)22-21(27)26-14-12-25(13-15-26)20-23-18-6-4-5-7-19(18)24(20)2/h4-11H,3,12-15H2,1-2H3,(H,22,27). The van der Waals surface area contributed by atoms with Gasteiger partial charge in [-0.2, -0.15) is 0 Å². The summed E-state index contributed by atoms with van der Waals surface area (Å²) in [7, 11) is 2.05. The van der Waals surface area contributed by atoms with Gasteiger partial charge in [0.25, 0.3) is 0 Å². The zero-order valence-corrected chi connectivity index (χ0v) is 15.9. The first-order chi connectivity index (χ1) is 13.2. The summed E-state index contributed by atoms with van der Waals surface area (Å²) in [5.41, 5.74) is 4.24. The number of carbonyl (C=O) groups excluding carboxylic acids is 1. The fraction of sp³-hybridized carbons (Fsp3) is 0.333. The summed E-state index contributed by atoms with van der Waals surface area (Å²) in [6, 6.07) is 16.2. The Balaban J connectivity index is 1.39. The molecule has 1 saturated heterocycles. The van der Waals surface area contributed by atoms with Crippen molar-refractivity contribution in [2.45, 2.75) is 13.3 Å². The lowest BCUT2D eigenvalue weighted by Gasteiger charge is -2.35. The van der Waals surface area contributed by atoms with Crippen molar-refractivity contribution >= 4 is 28.7 Å². The number of nitrogens with one attached hydrogen (secondary N) is 1. The van der Waals surface area contributed by atoms with Gasteiger partial charge in [0, 0.05) is 38.9 Å². The number of fused-ring (bicyclic) bond motifs is 1. The summed E-state index contributed by atoms with van der Waals surface area (Å²) >= 11 is 0. The monoisotopic (exact) mass is 363 g/mol. The molecular weight excluding hydrogens is 338 g/mol. The normalized spacial score (nSPS) is 14.6. The number of para-hydroxylation sites is 2. The third kappa shape index (κ3) is 3.47. The molecule has 0 bridgehead atoms. The van der Waals surface area contributed by atoms with Crippen LogP contribution in [0.2, 0.25) is 0 Å². The SMILES string of the molecule is CCc1ccc(NC(=O)N2CCN(c3nc4ccccc4n3C)CC2)cc1. The average Bonchev–Trinajstić information content (AvgIpc) is 3.05. The van der Waals surface area contributed by atoms with Crippen molar-refractivity contribution < 1.29 is 4.79 Å². The van der Waals surface area contributed by atoms with Gasteiger partial charge < -0.3 is 19.7 Å². The van der Waals surface area contributed by atoms with Crippen LogP contribution in [0.1, 0.15) is 12.5 Å². The van der Waals surface area contributed by atoms with Gasteiger partial charge in [0.1, 0.15) is 0 Å². The first-order valence-corrected chi connectivity index (χ1v) is 9.47. The highest BCUT2D eigenvalue weighted by molar-refractivity contribution is 5.89. The largest absolute Gasteiger partial charge is 0.339 e. The number of amides is 2. The molecule has 0 aliphatic carbocycles. The zero-order valence-electron chi connectivity index (χ0n) is 15.9. The fourth-order valence-electron chi connectivity index (χ4n) is 3.55. The third-order valence-corrected chi connectivity index (χ3v) is 5.23. The van der Waals surface area contributed by atoms with Gasteiger partial charge in [0.15, 0.2) is 0 Å². The minimum Gasteiger partial charge on any atom is -0.339 e. The van der Waals surface area contributed by atoms with E-state index in [-0.39, 0.29) is 6.03 Å². The number of carbonyl (C=O) groups is 1. The number of urea groups is 1. The number of hydrogen-bond donors (Lipinski definition) is 1. The van der Waals surface area contributed by atoms with E-state index in [0.717, 1.165) is 42.2 Å². The lowest BCUT2D eigenvalue weighted by Crippen LogP contribution is -2.50. The Morgan fingerprint density at radius 3 is 2.41 bits per heavy atom. The minimum absolute atomic E-state index is 0.0381. The predicted molar refractivity (Wildman–Crippen MR) is 109 cm³/mol. The van der Waals surface area contributed by atoms with Crippen molar-refractivity contribution in [3.05, 3.63) is 54.1 Å². The number of hydrogen-bond acceptors (Lipinski definition) is 3. The molecule has 27 heavy (non-hydrogen) atoms. The van der Waals surface area contributed by atoms with E-state index in [1.807, 2.05) is 42.3 Å². The number of rotatable bonds is 3.